The Hall–Kier alpha value is -3.58. The van der Waals surface area contributed by atoms with Crippen LogP contribution in [0.2, 0.25) is 0 Å². The van der Waals surface area contributed by atoms with Gasteiger partial charge >= 0.3 is 0 Å². The lowest BCUT2D eigenvalue weighted by atomic mass is 10.2. The quantitative estimate of drug-likeness (QED) is 0.363. The summed E-state index contributed by atoms with van der Waals surface area (Å²) in [5.41, 5.74) is 2.47. The van der Waals surface area contributed by atoms with Crippen LogP contribution in [0.5, 0.6) is 11.5 Å². The molecule has 154 valence electrons. The van der Waals surface area contributed by atoms with Crippen molar-refractivity contribution in [2.24, 2.45) is 0 Å². The molecule has 1 amide bonds. The van der Waals surface area contributed by atoms with Crippen LogP contribution in [0, 0.1) is 0 Å². The number of rotatable bonds is 5. The van der Waals surface area contributed by atoms with Crippen molar-refractivity contribution in [3.8, 4) is 22.9 Å². The number of amides is 1. The van der Waals surface area contributed by atoms with Crippen molar-refractivity contribution in [1.82, 2.24) is 9.97 Å². The van der Waals surface area contributed by atoms with E-state index in [1.807, 2.05) is 60.7 Å². The fourth-order valence-corrected chi connectivity index (χ4v) is 4.15. The average Bonchev–Trinajstić information content (AvgIpc) is 2.83. The monoisotopic (exact) mass is 429 g/mol. The number of nitrogens with one attached hydrogen (secondary N) is 1. The molecule has 1 aliphatic heterocycles. The highest BCUT2D eigenvalue weighted by atomic mass is 32.2. The standard InChI is InChI=1S/C24H19N3O3S/c28-22(25-17-10-11-20-21(14-17)30-13-12-29-20)15-31-24-18-8-4-5-9-19(18)26-23(27-24)16-6-2-1-3-7-16/h1-11,14H,12-13,15H2,(H,25,28). The number of para-hydroxylation sites is 1. The van der Waals surface area contributed by atoms with E-state index in [2.05, 4.69) is 5.32 Å². The minimum atomic E-state index is -0.120. The van der Waals surface area contributed by atoms with Crippen LogP contribution in [0.4, 0.5) is 5.69 Å². The van der Waals surface area contributed by atoms with Gasteiger partial charge in [-0.05, 0) is 18.2 Å². The van der Waals surface area contributed by atoms with Gasteiger partial charge in [-0.3, -0.25) is 4.79 Å². The number of nitrogens with zero attached hydrogens (tertiary/aromatic N) is 2. The number of hydrogen-bond acceptors (Lipinski definition) is 6. The van der Waals surface area contributed by atoms with Gasteiger partial charge in [-0.1, -0.05) is 60.3 Å². The number of aromatic nitrogens is 2. The van der Waals surface area contributed by atoms with Crippen LogP contribution < -0.4 is 14.8 Å². The summed E-state index contributed by atoms with van der Waals surface area (Å²) < 4.78 is 11.1. The smallest absolute Gasteiger partial charge is 0.234 e. The molecule has 3 aromatic carbocycles. The van der Waals surface area contributed by atoms with E-state index < -0.39 is 0 Å². The Labute approximate surface area is 183 Å². The average molecular weight is 430 g/mol. The molecular weight excluding hydrogens is 410 g/mol. The Morgan fingerprint density at radius 2 is 1.68 bits per heavy atom. The molecule has 31 heavy (non-hydrogen) atoms. The zero-order chi connectivity index (χ0) is 21.0. The Balaban J connectivity index is 1.35. The summed E-state index contributed by atoms with van der Waals surface area (Å²) in [6, 6.07) is 23.1. The van der Waals surface area contributed by atoms with Crippen molar-refractivity contribution in [1.29, 1.82) is 0 Å². The lowest BCUT2D eigenvalue weighted by Gasteiger charge is -2.19. The van der Waals surface area contributed by atoms with Gasteiger partial charge in [0.15, 0.2) is 17.3 Å². The maximum Gasteiger partial charge on any atom is 0.234 e. The largest absolute Gasteiger partial charge is 0.486 e. The number of benzene rings is 3. The Morgan fingerprint density at radius 3 is 2.55 bits per heavy atom. The minimum absolute atomic E-state index is 0.120. The number of fused-ring (bicyclic) bond motifs is 2. The van der Waals surface area contributed by atoms with Crippen LogP contribution >= 0.6 is 11.8 Å². The van der Waals surface area contributed by atoms with Crippen molar-refractivity contribution in [3.63, 3.8) is 0 Å². The van der Waals surface area contributed by atoms with Crippen molar-refractivity contribution in [3.05, 3.63) is 72.8 Å². The molecule has 1 aliphatic rings. The third-order valence-electron chi connectivity index (χ3n) is 4.77. The van der Waals surface area contributed by atoms with E-state index in [0.29, 0.717) is 36.2 Å². The first kappa shape index (κ1) is 19.4. The van der Waals surface area contributed by atoms with Gasteiger partial charge in [0.1, 0.15) is 18.2 Å². The second-order valence-electron chi connectivity index (χ2n) is 6.93. The van der Waals surface area contributed by atoms with Crippen LogP contribution in [-0.4, -0.2) is 34.8 Å². The lowest BCUT2D eigenvalue weighted by Crippen LogP contribution is -2.17. The maximum absolute atomic E-state index is 12.6. The third kappa shape index (κ3) is 4.32. The molecule has 0 fully saturated rings. The first-order valence-corrected chi connectivity index (χ1v) is 10.9. The summed E-state index contributed by atoms with van der Waals surface area (Å²) in [7, 11) is 0. The van der Waals surface area contributed by atoms with Gasteiger partial charge in [0.25, 0.3) is 0 Å². The molecule has 0 saturated heterocycles. The first-order valence-electron chi connectivity index (χ1n) is 9.91. The van der Waals surface area contributed by atoms with Crippen molar-refractivity contribution >= 4 is 34.3 Å². The highest BCUT2D eigenvalue weighted by Crippen LogP contribution is 2.33. The second kappa shape index (κ2) is 8.65. The van der Waals surface area contributed by atoms with Gasteiger partial charge in [0.05, 0.1) is 11.3 Å². The minimum Gasteiger partial charge on any atom is -0.486 e. The van der Waals surface area contributed by atoms with Gasteiger partial charge in [-0.15, -0.1) is 0 Å². The molecule has 5 rings (SSSR count). The van der Waals surface area contributed by atoms with Crippen molar-refractivity contribution in [2.75, 3.05) is 24.3 Å². The molecule has 2 heterocycles. The topological polar surface area (TPSA) is 73.3 Å². The molecule has 4 aromatic rings. The number of ether oxygens (including phenoxy) is 2. The summed E-state index contributed by atoms with van der Waals surface area (Å²) in [6.45, 7) is 1.04. The summed E-state index contributed by atoms with van der Waals surface area (Å²) in [6.07, 6.45) is 0. The fourth-order valence-electron chi connectivity index (χ4n) is 3.33. The molecule has 0 spiro atoms. The van der Waals surface area contributed by atoms with Crippen molar-refractivity contribution < 1.29 is 14.3 Å². The van der Waals surface area contributed by atoms with E-state index in [1.165, 1.54) is 11.8 Å². The van der Waals surface area contributed by atoms with Gasteiger partial charge in [0, 0.05) is 22.7 Å². The maximum atomic E-state index is 12.6. The molecule has 0 atom stereocenters. The van der Waals surface area contributed by atoms with Gasteiger partial charge < -0.3 is 14.8 Å². The zero-order valence-electron chi connectivity index (χ0n) is 16.6. The van der Waals surface area contributed by atoms with Crippen molar-refractivity contribution in [2.45, 2.75) is 5.03 Å². The molecule has 0 radical (unpaired) electrons. The van der Waals surface area contributed by atoms with Gasteiger partial charge in [0.2, 0.25) is 5.91 Å². The first-order chi connectivity index (χ1) is 15.3. The lowest BCUT2D eigenvalue weighted by molar-refractivity contribution is -0.113. The number of carbonyl (C=O) groups is 1. The fraction of sp³-hybridized carbons (Fsp3) is 0.125. The molecule has 1 N–H and O–H groups in total. The Bertz CT molecular complexity index is 1250. The molecule has 1 aromatic heterocycles. The van der Waals surface area contributed by atoms with E-state index in [4.69, 9.17) is 19.4 Å². The molecule has 7 heteroatoms. The number of hydrogen-bond donors (Lipinski definition) is 1. The SMILES string of the molecule is O=C(CSc1nc(-c2ccccc2)nc2ccccc12)Nc1ccc2c(c1)OCCO2. The molecule has 0 unspecified atom stereocenters. The van der Waals surface area contributed by atoms with E-state index in [0.717, 1.165) is 21.5 Å². The molecule has 0 aliphatic carbocycles. The number of carbonyl (C=O) groups excluding carboxylic acids is 1. The highest BCUT2D eigenvalue weighted by Gasteiger charge is 2.14. The number of thioether (sulfide) groups is 1. The normalized spacial score (nSPS) is 12.5. The van der Waals surface area contributed by atoms with E-state index in [1.54, 1.807) is 12.1 Å². The second-order valence-corrected chi connectivity index (χ2v) is 7.89. The summed E-state index contributed by atoms with van der Waals surface area (Å²) in [5, 5.41) is 4.63. The summed E-state index contributed by atoms with van der Waals surface area (Å²) in [5.74, 6) is 2.09. The van der Waals surface area contributed by atoms with Crippen LogP contribution in [0.25, 0.3) is 22.3 Å². The van der Waals surface area contributed by atoms with Crippen LogP contribution in [0.1, 0.15) is 0 Å². The molecular formula is C24H19N3O3S. The predicted octanol–water partition coefficient (Wildman–Crippen LogP) is 4.80. The zero-order valence-corrected chi connectivity index (χ0v) is 17.4. The van der Waals surface area contributed by atoms with E-state index >= 15 is 0 Å². The molecule has 0 saturated carbocycles. The van der Waals surface area contributed by atoms with Gasteiger partial charge in [-0.25, -0.2) is 9.97 Å². The van der Waals surface area contributed by atoms with Crippen LogP contribution in [-0.2, 0) is 4.79 Å². The van der Waals surface area contributed by atoms with Gasteiger partial charge in [-0.2, -0.15) is 0 Å². The third-order valence-corrected chi connectivity index (χ3v) is 5.76. The molecule has 0 bridgehead atoms. The number of anilines is 1. The molecule has 6 nitrogen and oxygen atoms in total. The predicted molar refractivity (Wildman–Crippen MR) is 122 cm³/mol. The Morgan fingerprint density at radius 1 is 0.903 bits per heavy atom. The van der Waals surface area contributed by atoms with Crippen LogP contribution in [0.15, 0.2) is 77.8 Å². The summed E-state index contributed by atoms with van der Waals surface area (Å²) >= 11 is 1.40. The van der Waals surface area contributed by atoms with E-state index in [9.17, 15) is 4.79 Å². The van der Waals surface area contributed by atoms with Crippen LogP contribution in [0.3, 0.4) is 0 Å². The highest BCUT2D eigenvalue weighted by molar-refractivity contribution is 8.00. The Kier molecular flexibility index (Phi) is 5.41. The van der Waals surface area contributed by atoms with E-state index in [-0.39, 0.29) is 11.7 Å². The summed E-state index contributed by atoms with van der Waals surface area (Å²) in [4.78, 5) is 22.0.